The molecular formula is C22H26N8. The number of rotatable bonds is 8. The highest BCUT2D eigenvalue weighted by Gasteiger charge is 2.06. The van der Waals surface area contributed by atoms with Crippen molar-refractivity contribution < 1.29 is 0 Å². The van der Waals surface area contributed by atoms with Crippen LogP contribution in [0.1, 0.15) is 11.1 Å². The van der Waals surface area contributed by atoms with Gasteiger partial charge in [0.2, 0.25) is 0 Å². The maximum atomic E-state index is 5.39. The maximum Gasteiger partial charge on any atom is 0.185 e. The van der Waals surface area contributed by atoms with Crippen molar-refractivity contribution in [1.29, 1.82) is 0 Å². The zero-order chi connectivity index (χ0) is 21.3. The van der Waals surface area contributed by atoms with Crippen molar-refractivity contribution in [3.8, 4) is 22.5 Å². The molecule has 0 fully saturated rings. The van der Waals surface area contributed by atoms with Crippen LogP contribution in [0, 0.1) is 0 Å². The predicted molar refractivity (Wildman–Crippen MR) is 122 cm³/mol. The van der Waals surface area contributed by atoms with Crippen LogP contribution in [0.3, 0.4) is 0 Å². The first-order valence-electron chi connectivity index (χ1n) is 9.63. The van der Waals surface area contributed by atoms with Crippen LogP contribution < -0.4 is 22.9 Å². The van der Waals surface area contributed by atoms with Crippen LogP contribution in [0.15, 0.2) is 70.9 Å². The van der Waals surface area contributed by atoms with Crippen molar-refractivity contribution in [2.75, 3.05) is 13.1 Å². The van der Waals surface area contributed by atoms with Gasteiger partial charge in [-0.15, -0.1) is 0 Å². The number of aromatic nitrogens is 2. The molecule has 154 valence electrons. The van der Waals surface area contributed by atoms with Gasteiger partial charge in [0.05, 0.1) is 11.4 Å². The fourth-order valence-electron chi connectivity index (χ4n) is 3.07. The minimum atomic E-state index is 0.104. The van der Waals surface area contributed by atoms with Gasteiger partial charge in [0, 0.05) is 24.2 Å². The second-order valence-corrected chi connectivity index (χ2v) is 6.80. The minimum Gasteiger partial charge on any atom is -0.370 e. The third kappa shape index (κ3) is 6.03. The average Bonchev–Trinajstić information content (AvgIpc) is 2.74. The molecule has 0 aliphatic rings. The van der Waals surface area contributed by atoms with E-state index in [1.165, 1.54) is 0 Å². The number of benzene rings is 2. The second-order valence-electron chi connectivity index (χ2n) is 6.80. The van der Waals surface area contributed by atoms with Crippen LogP contribution in [0.4, 0.5) is 0 Å². The molecule has 1 heterocycles. The Bertz CT molecular complexity index is 970. The highest BCUT2D eigenvalue weighted by atomic mass is 15.0. The SMILES string of the molecule is NC(N)=NCCc1cccc(-c2cc(-c3cccc(CCN=C(N)N)c3)ncn2)c1. The first-order chi connectivity index (χ1) is 14.5. The van der Waals surface area contributed by atoms with E-state index in [0.717, 1.165) is 46.5 Å². The number of nitrogens with two attached hydrogens (primary N) is 4. The topological polar surface area (TPSA) is 155 Å². The highest BCUT2D eigenvalue weighted by Crippen LogP contribution is 2.24. The van der Waals surface area contributed by atoms with E-state index in [2.05, 4.69) is 32.1 Å². The largest absolute Gasteiger partial charge is 0.370 e. The van der Waals surface area contributed by atoms with Crippen molar-refractivity contribution >= 4 is 11.9 Å². The van der Waals surface area contributed by atoms with Crippen LogP contribution in [0.2, 0.25) is 0 Å². The summed E-state index contributed by atoms with van der Waals surface area (Å²) in [5.74, 6) is 0.208. The maximum absolute atomic E-state index is 5.39. The summed E-state index contributed by atoms with van der Waals surface area (Å²) in [5.41, 5.74) is 27.6. The van der Waals surface area contributed by atoms with Crippen molar-refractivity contribution in [3.63, 3.8) is 0 Å². The highest BCUT2D eigenvalue weighted by molar-refractivity contribution is 5.76. The Morgan fingerprint density at radius 3 is 1.57 bits per heavy atom. The molecule has 0 atom stereocenters. The van der Waals surface area contributed by atoms with Crippen LogP contribution >= 0.6 is 0 Å². The first kappa shape index (κ1) is 20.8. The van der Waals surface area contributed by atoms with Crippen molar-refractivity contribution in [2.24, 2.45) is 32.9 Å². The lowest BCUT2D eigenvalue weighted by Gasteiger charge is -2.08. The van der Waals surface area contributed by atoms with Gasteiger partial charge >= 0.3 is 0 Å². The summed E-state index contributed by atoms with van der Waals surface area (Å²) < 4.78 is 0. The van der Waals surface area contributed by atoms with Gasteiger partial charge in [-0.25, -0.2) is 9.97 Å². The van der Waals surface area contributed by atoms with Gasteiger partial charge in [-0.1, -0.05) is 36.4 Å². The molecule has 3 rings (SSSR count). The molecule has 0 aliphatic carbocycles. The van der Waals surface area contributed by atoms with Gasteiger partial charge in [-0.2, -0.15) is 0 Å². The third-order valence-electron chi connectivity index (χ3n) is 4.50. The van der Waals surface area contributed by atoms with E-state index in [1.807, 2.05) is 42.5 Å². The Balaban J connectivity index is 1.80. The lowest BCUT2D eigenvalue weighted by Crippen LogP contribution is -2.23. The van der Waals surface area contributed by atoms with E-state index in [0.29, 0.717) is 13.1 Å². The van der Waals surface area contributed by atoms with E-state index >= 15 is 0 Å². The Morgan fingerprint density at radius 2 is 1.13 bits per heavy atom. The fourth-order valence-corrected chi connectivity index (χ4v) is 3.07. The normalized spacial score (nSPS) is 10.4. The van der Waals surface area contributed by atoms with Gasteiger partial charge in [-0.05, 0) is 42.2 Å². The standard InChI is InChI=1S/C22H26N8/c23-21(24)27-9-7-15-3-1-5-17(11-15)19-13-20(30-14-29-19)18-6-2-4-16(12-18)8-10-28-22(25)26/h1-6,11-14H,7-10H2,(H4,23,24,27)(H4,25,26,28). The molecule has 1 aromatic heterocycles. The molecule has 0 saturated carbocycles. The summed E-state index contributed by atoms with van der Waals surface area (Å²) >= 11 is 0. The molecule has 2 aromatic carbocycles. The monoisotopic (exact) mass is 402 g/mol. The van der Waals surface area contributed by atoms with E-state index in [-0.39, 0.29) is 11.9 Å². The smallest absolute Gasteiger partial charge is 0.185 e. The van der Waals surface area contributed by atoms with Crippen LogP contribution in [-0.2, 0) is 12.8 Å². The molecule has 8 N–H and O–H groups in total. The number of hydrogen-bond acceptors (Lipinski definition) is 4. The van der Waals surface area contributed by atoms with Crippen LogP contribution in [0.5, 0.6) is 0 Å². The molecule has 0 saturated heterocycles. The Kier molecular flexibility index (Phi) is 6.94. The Hall–Kier alpha value is -3.94. The summed E-state index contributed by atoms with van der Waals surface area (Å²) in [6.07, 6.45) is 3.09. The quantitative estimate of drug-likeness (QED) is 0.330. The van der Waals surface area contributed by atoms with Crippen molar-refractivity contribution in [2.45, 2.75) is 12.8 Å². The number of guanidine groups is 2. The zero-order valence-corrected chi connectivity index (χ0v) is 16.7. The van der Waals surface area contributed by atoms with E-state index < -0.39 is 0 Å². The molecule has 0 spiro atoms. The number of aliphatic imine (C=N–C) groups is 2. The molecule has 8 nitrogen and oxygen atoms in total. The summed E-state index contributed by atoms with van der Waals surface area (Å²) in [4.78, 5) is 17.0. The van der Waals surface area contributed by atoms with Crippen molar-refractivity contribution in [3.05, 3.63) is 72.1 Å². The average molecular weight is 403 g/mol. The molecule has 0 unspecified atom stereocenters. The molecule has 30 heavy (non-hydrogen) atoms. The second kappa shape index (κ2) is 10.0. The van der Waals surface area contributed by atoms with E-state index in [9.17, 15) is 0 Å². The molecule has 0 radical (unpaired) electrons. The molecule has 0 bridgehead atoms. The lowest BCUT2D eigenvalue weighted by molar-refractivity contribution is 0.962. The molecule has 3 aromatic rings. The fraction of sp³-hybridized carbons (Fsp3) is 0.182. The van der Waals surface area contributed by atoms with Gasteiger partial charge in [0.1, 0.15) is 6.33 Å². The van der Waals surface area contributed by atoms with E-state index in [1.54, 1.807) is 6.33 Å². The molecule has 0 amide bonds. The third-order valence-corrected chi connectivity index (χ3v) is 4.50. The number of nitrogens with zero attached hydrogens (tertiary/aromatic N) is 4. The van der Waals surface area contributed by atoms with E-state index in [4.69, 9.17) is 22.9 Å². The molecule has 8 heteroatoms. The van der Waals surface area contributed by atoms with Crippen LogP contribution in [-0.4, -0.2) is 35.0 Å². The summed E-state index contributed by atoms with van der Waals surface area (Å²) in [7, 11) is 0. The molecular weight excluding hydrogens is 376 g/mol. The summed E-state index contributed by atoms with van der Waals surface area (Å²) in [5, 5.41) is 0. The summed E-state index contributed by atoms with van der Waals surface area (Å²) in [6, 6.07) is 18.4. The number of hydrogen-bond donors (Lipinski definition) is 4. The van der Waals surface area contributed by atoms with Crippen LogP contribution in [0.25, 0.3) is 22.5 Å². The minimum absolute atomic E-state index is 0.104. The summed E-state index contributed by atoms with van der Waals surface area (Å²) in [6.45, 7) is 1.10. The Labute approximate surface area is 175 Å². The van der Waals surface area contributed by atoms with Gasteiger partial charge in [0.15, 0.2) is 11.9 Å². The van der Waals surface area contributed by atoms with Gasteiger partial charge in [0.25, 0.3) is 0 Å². The first-order valence-corrected chi connectivity index (χ1v) is 9.63. The predicted octanol–water partition coefficient (Wildman–Crippen LogP) is 1.44. The Morgan fingerprint density at radius 1 is 0.667 bits per heavy atom. The lowest BCUT2D eigenvalue weighted by atomic mass is 10.0. The van der Waals surface area contributed by atoms with Crippen molar-refractivity contribution in [1.82, 2.24) is 9.97 Å². The van der Waals surface area contributed by atoms with Gasteiger partial charge in [-0.3, -0.25) is 9.98 Å². The zero-order valence-electron chi connectivity index (χ0n) is 16.7. The molecule has 0 aliphatic heterocycles. The van der Waals surface area contributed by atoms with Gasteiger partial charge < -0.3 is 22.9 Å².